The third-order valence-electron chi connectivity index (χ3n) is 11.6. The van der Waals surface area contributed by atoms with E-state index in [1.54, 1.807) is 36.7 Å². The minimum absolute atomic E-state index is 0.0956. The zero-order valence-electron chi connectivity index (χ0n) is 36.6. The van der Waals surface area contributed by atoms with Crippen molar-refractivity contribution in [1.82, 2.24) is 28.9 Å². The number of aromatic nitrogens is 4. The van der Waals surface area contributed by atoms with Crippen molar-refractivity contribution < 1.29 is 36.6 Å². The first-order valence-corrected chi connectivity index (χ1v) is 21.1. The number of hydrogen-bond donors (Lipinski definition) is 0. The highest BCUT2D eigenvalue weighted by Crippen LogP contribution is 2.33. The summed E-state index contributed by atoms with van der Waals surface area (Å²) in [6.45, 7) is 8.64. The lowest BCUT2D eigenvalue weighted by Crippen LogP contribution is -2.38. The Labute approximate surface area is 370 Å². The first-order valence-electron chi connectivity index (χ1n) is 21.1. The molecule has 10 nitrogen and oxygen atoms in total. The van der Waals surface area contributed by atoms with Gasteiger partial charge in [0.05, 0.1) is 61.7 Å². The summed E-state index contributed by atoms with van der Waals surface area (Å²) in [5.74, 6) is -2.45. The monoisotopic (exact) mass is 874 g/mol. The van der Waals surface area contributed by atoms with Gasteiger partial charge in [-0.25, -0.2) is 27.5 Å². The van der Waals surface area contributed by atoms with E-state index < -0.39 is 23.3 Å². The maximum Gasteiger partial charge on any atom is 0.250 e. The molecule has 2 amide bonds. The lowest BCUT2D eigenvalue weighted by atomic mass is 9.97. The Hall–Kier alpha value is -6.96. The van der Waals surface area contributed by atoms with Gasteiger partial charge in [0.15, 0.2) is 23.3 Å². The molecule has 4 aromatic carbocycles. The predicted molar refractivity (Wildman–Crippen MR) is 237 cm³/mol. The van der Waals surface area contributed by atoms with E-state index in [2.05, 4.69) is 9.97 Å². The summed E-state index contributed by atoms with van der Waals surface area (Å²) in [4.78, 5) is 38.3. The van der Waals surface area contributed by atoms with Gasteiger partial charge in [0.1, 0.15) is 11.5 Å². The Bertz CT molecular complexity index is 2560. The smallest absolute Gasteiger partial charge is 0.250 e. The van der Waals surface area contributed by atoms with E-state index in [0.717, 1.165) is 71.0 Å². The van der Waals surface area contributed by atoms with Crippen LogP contribution in [-0.4, -0.2) is 68.0 Å². The second-order valence-electron chi connectivity index (χ2n) is 15.9. The zero-order chi connectivity index (χ0) is 45.7. The van der Waals surface area contributed by atoms with Crippen LogP contribution in [0.2, 0.25) is 0 Å². The molecule has 2 atom stereocenters. The van der Waals surface area contributed by atoms with Gasteiger partial charge >= 0.3 is 0 Å². The number of rotatable bonds is 10. The van der Waals surface area contributed by atoms with Gasteiger partial charge in [0.25, 0.3) is 0 Å². The summed E-state index contributed by atoms with van der Waals surface area (Å²) in [6, 6.07) is 18.4. The van der Waals surface area contributed by atoms with E-state index in [4.69, 9.17) is 9.47 Å². The highest BCUT2D eigenvalue weighted by atomic mass is 19.2. The molecular formula is C50H50F4N6O4. The Balaban J connectivity index is 0.000000191. The number of halogens is 4. The molecule has 8 rings (SSSR count). The molecule has 0 bridgehead atoms. The van der Waals surface area contributed by atoms with Crippen LogP contribution >= 0.6 is 0 Å². The quantitative estimate of drug-likeness (QED) is 0.101. The van der Waals surface area contributed by atoms with E-state index >= 15 is 0 Å². The van der Waals surface area contributed by atoms with Crippen molar-refractivity contribution in [3.8, 4) is 22.9 Å². The second kappa shape index (κ2) is 19.6. The minimum Gasteiger partial charge on any atom is -0.495 e. The molecule has 2 aromatic heterocycles. The van der Waals surface area contributed by atoms with Gasteiger partial charge in [-0.1, -0.05) is 24.3 Å². The Morgan fingerprint density at radius 2 is 0.984 bits per heavy atom. The molecule has 4 heterocycles. The summed E-state index contributed by atoms with van der Waals surface area (Å²) in [5.41, 5.74) is 7.74. The van der Waals surface area contributed by atoms with Gasteiger partial charge < -0.3 is 28.4 Å². The number of ether oxygens (including phenoxy) is 2. The highest BCUT2D eigenvalue weighted by Gasteiger charge is 2.30. The maximum absolute atomic E-state index is 13.7. The number of imidazole rings is 2. The average Bonchev–Trinajstić information content (AvgIpc) is 3.94. The molecule has 0 unspecified atom stereocenters. The van der Waals surface area contributed by atoms with Crippen LogP contribution in [0.3, 0.4) is 0 Å². The molecule has 2 aliphatic rings. The molecule has 0 radical (unpaired) electrons. The van der Waals surface area contributed by atoms with Gasteiger partial charge in [-0.3, -0.25) is 9.59 Å². The molecule has 6 aromatic rings. The van der Waals surface area contributed by atoms with E-state index in [1.807, 2.05) is 97.8 Å². The number of carbonyl (C=O) groups excluding carboxylic acids is 2. The number of carbonyl (C=O) groups is 2. The van der Waals surface area contributed by atoms with Crippen molar-refractivity contribution in [1.29, 1.82) is 0 Å². The topological polar surface area (TPSA) is 94.7 Å². The molecule has 0 saturated carbocycles. The minimum atomic E-state index is -0.908. The Kier molecular flexibility index (Phi) is 13.8. The van der Waals surface area contributed by atoms with Gasteiger partial charge in [0.2, 0.25) is 11.8 Å². The number of piperidine rings is 2. The summed E-state index contributed by atoms with van der Waals surface area (Å²) in [6.07, 6.45) is 14.0. The van der Waals surface area contributed by atoms with Gasteiger partial charge in [-0.2, -0.15) is 0 Å². The van der Waals surface area contributed by atoms with E-state index in [0.29, 0.717) is 59.7 Å². The molecule has 2 saturated heterocycles. The SMILES string of the molecule is COc1cc(/C=C2\CCCN([C@@H](C)c3ccc(F)c(F)c3)C2=O)ccc1-n1cnc(C)c1.COc1cc(/C=C2\CCCN([C@H](C)c3ccc(F)c(F)c3)C2=O)ccc1-n1cnc(C)c1. The van der Waals surface area contributed by atoms with Crippen molar-refractivity contribution in [2.75, 3.05) is 27.3 Å². The number of aryl methyl sites for hydroxylation is 2. The molecule has 0 aliphatic carbocycles. The van der Waals surface area contributed by atoms with E-state index in [9.17, 15) is 27.2 Å². The number of nitrogens with zero attached hydrogens (tertiary/aromatic N) is 6. The van der Waals surface area contributed by atoms with Crippen molar-refractivity contribution in [2.45, 2.75) is 65.5 Å². The Morgan fingerprint density at radius 3 is 1.33 bits per heavy atom. The van der Waals surface area contributed by atoms with Crippen LogP contribution in [0, 0.1) is 37.1 Å². The molecule has 0 N–H and O–H groups in total. The summed E-state index contributed by atoms with van der Waals surface area (Å²) in [5, 5.41) is 0. The fourth-order valence-corrected chi connectivity index (χ4v) is 8.08. The van der Waals surface area contributed by atoms with Crippen molar-refractivity contribution in [3.63, 3.8) is 0 Å². The number of methoxy groups -OCH3 is 2. The fraction of sp³-hybridized carbons (Fsp3) is 0.280. The molecule has 64 heavy (non-hydrogen) atoms. The largest absolute Gasteiger partial charge is 0.495 e. The number of likely N-dealkylation sites (tertiary alicyclic amines) is 2. The number of hydrogen-bond acceptors (Lipinski definition) is 6. The van der Waals surface area contributed by atoms with Crippen LogP contribution in [0.25, 0.3) is 23.5 Å². The molecular weight excluding hydrogens is 825 g/mol. The third kappa shape index (κ3) is 9.96. The summed E-state index contributed by atoms with van der Waals surface area (Å²) >= 11 is 0. The average molecular weight is 875 g/mol. The highest BCUT2D eigenvalue weighted by molar-refractivity contribution is 5.99. The third-order valence-corrected chi connectivity index (χ3v) is 11.6. The van der Waals surface area contributed by atoms with Crippen LogP contribution in [0.4, 0.5) is 17.6 Å². The second-order valence-corrected chi connectivity index (χ2v) is 15.9. The molecule has 14 heteroatoms. The maximum atomic E-state index is 13.7. The lowest BCUT2D eigenvalue weighted by Gasteiger charge is -2.34. The molecule has 332 valence electrons. The van der Waals surface area contributed by atoms with Crippen molar-refractivity contribution >= 4 is 24.0 Å². The van der Waals surface area contributed by atoms with Crippen LogP contribution in [-0.2, 0) is 9.59 Å². The van der Waals surface area contributed by atoms with E-state index in [-0.39, 0.29) is 23.9 Å². The first-order chi connectivity index (χ1) is 30.7. The summed E-state index contributed by atoms with van der Waals surface area (Å²) in [7, 11) is 3.22. The van der Waals surface area contributed by atoms with Crippen molar-refractivity contribution in [3.05, 3.63) is 166 Å². The summed E-state index contributed by atoms with van der Waals surface area (Å²) < 4.78 is 68.9. The van der Waals surface area contributed by atoms with Crippen LogP contribution in [0.5, 0.6) is 11.5 Å². The number of amides is 2. The number of benzene rings is 4. The normalized spacial score (nSPS) is 16.5. The van der Waals surface area contributed by atoms with Crippen LogP contribution in [0.1, 0.15) is 85.3 Å². The standard InChI is InChI=1S/2C25H25F2N3O2/c2*1-16-14-29(15-28-16)23-9-6-18(12-24(23)32-3)11-20-5-4-10-30(25(20)31)17(2)19-7-8-21(26)22(27)13-19/h2*6-9,11-15,17H,4-5,10H2,1-3H3/b2*20-11+/t2*17-/m10/s1. The molecule has 0 spiro atoms. The fourth-order valence-electron chi connectivity index (χ4n) is 8.08. The first kappa shape index (κ1) is 45.1. The van der Waals surface area contributed by atoms with Gasteiger partial charge in [0, 0.05) is 36.6 Å². The molecule has 2 aliphatic heterocycles. The molecule has 2 fully saturated rings. The van der Waals surface area contributed by atoms with Crippen LogP contribution in [0.15, 0.2) is 109 Å². The lowest BCUT2D eigenvalue weighted by molar-refractivity contribution is -0.131. The van der Waals surface area contributed by atoms with Crippen molar-refractivity contribution in [2.24, 2.45) is 0 Å². The van der Waals surface area contributed by atoms with Crippen LogP contribution < -0.4 is 9.47 Å². The van der Waals surface area contributed by atoms with E-state index in [1.165, 1.54) is 12.1 Å². The van der Waals surface area contributed by atoms with Gasteiger partial charge in [-0.05, 0) is 136 Å². The van der Waals surface area contributed by atoms with Gasteiger partial charge in [-0.15, -0.1) is 0 Å². The zero-order valence-corrected chi connectivity index (χ0v) is 36.6. The predicted octanol–water partition coefficient (Wildman–Crippen LogP) is 10.5. The Morgan fingerprint density at radius 1 is 0.578 bits per heavy atom.